The summed E-state index contributed by atoms with van der Waals surface area (Å²) in [6.07, 6.45) is 3.83. The Balaban J connectivity index is 1.71. The molecule has 0 bridgehead atoms. The quantitative estimate of drug-likeness (QED) is 0.781. The van der Waals surface area contributed by atoms with Crippen molar-refractivity contribution in [3.63, 3.8) is 0 Å². The predicted molar refractivity (Wildman–Crippen MR) is 96.0 cm³/mol. The van der Waals surface area contributed by atoms with Gasteiger partial charge in [-0.2, -0.15) is 0 Å². The Bertz CT molecular complexity index is 695. The Morgan fingerprint density at radius 1 is 1.32 bits per heavy atom. The average molecular weight is 344 g/mol. The molecule has 2 aromatic rings. The number of rotatable bonds is 8. The van der Waals surface area contributed by atoms with Crippen LogP contribution in [0.4, 0.5) is 0 Å². The highest BCUT2D eigenvalue weighted by Gasteiger charge is 2.32. The van der Waals surface area contributed by atoms with Crippen molar-refractivity contribution in [2.45, 2.75) is 51.4 Å². The summed E-state index contributed by atoms with van der Waals surface area (Å²) < 4.78 is 7.48. The molecule has 1 saturated carbocycles. The van der Waals surface area contributed by atoms with Gasteiger partial charge in [-0.1, -0.05) is 6.07 Å². The molecule has 2 N–H and O–H groups in total. The van der Waals surface area contributed by atoms with E-state index in [2.05, 4.69) is 44.7 Å². The minimum Gasteiger partial charge on any atom is -0.383 e. The fourth-order valence-electron chi connectivity index (χ4n) is 3.30. The van der Waals surface area contributed by atoms with Gasteiger partial charge < -0.3 is 15.0 Å². The van der Waals surface area contributed by atoms with E-state index in [4.69, 9.17) is 10.5 Å². The topological polar surface area (TPSA) is 82.1 Å². The highest BCUT2D eigenvalue weighted by atomic mass is 16.5. The molecule has 25 heavy (non-hydrogen) atoms. The summed E-state index contributed by atoms with van der Waals surface area (Å²) >= 11 is 0. The summed E-state index contributed by atoms with van der Waals surface area (Å²) in [7, 11) is 3.81. The normalized spacial score (nSPS) is 20.0. The molecule has 0 aromatic carbocycles. The Labute approximate surface area is 149 Å². The van der Waals surface area contributed by atoms with Gasteiger partial charge in [0.05, 0.1) is 18.8 Å². The van der Waals surface area contributed by atoms with E-state index in [1.165, 1.54) is 5.56 Å². The predicted octanol–water partition coefficient (Wildman–Crippen LogP) is 1.46. The standard InChI is InChI=1S/C18H28N6O/c1-13-5-4-6-20-16(13)11-23(2)12-17-21-22-18(14-9-15(19)10-14)24(17)7-8-25-3/h4-6,14-15H,7-12,19H2,1-3H3. The molecule has 0 aliphatic heterocycles. The fraction of sp³-hybridized carbons (Fsp3) is 0.611. The van der Waals surface area contributed by atoms with Crippen molar-refractivity contribution in [3.05, 3.63) is 41.2 Å². The van der Waals surface area contributed by atoms with Crippen LogP contribution in [0.3, 0.4) is 0 Å². The summed E-state index contributed by atoms with van der Waals surface area (Å²) in [5.74, 6) is 2.45. The summed E-state index contributed by atoms with van der Waals surface area (Å²) in [5, 5.41) is 8.92. The van der Waals surface area contributed by atoms with Gasteiger partial charge in [-0.15, -0.1) is 10.2 Å². The fourth-order valence-corrected chi connectivity index (χ4v) is 3.30. The van der Waals surface area contributed by atoms with Crippen molar-refractivity contribution in [1.29, 1.82) is 0 Å². The van der Waals surface area contributed by atoms with Crippen LogP contribution in [-0.4, -0.2) is 51.5 Å². The van der Waals surface area contributed by atoms with Gasteiger partial charge in [0.1, 0.15) is 11.6 Å². The second-order valence-electron chi connectivity index (χ2n) is 6.99. The summed E-state index contributed by atoms with van der Waals surface area (Å²) in [5.41, 5.74) is 8.25. The maximum atomic E-state index is 5.95. The van der Waals surface area contributed by atoms with Crippen molar-refractivity contribution in [2.75, 3.05) is 20.8 Å². The molecule has 1 aliphatic carbocycles. The Kier molecular flexibility index (Phi) is 5.78. The van der Waals surface area contributed by atoms with E-state index in [0.29, 0.717) is 18.6 Å². The molecule has 2 heterocycles. The Morgan fingerprint density at radius 2 is 2.12 bits per heavy atom. The van der Waals surface area contributed by atoms with Crippen LogP contribution in [0.25, 0.3) is 0 Å². The number of hydrogen-bond acceptors (Lipinski definition) is 6. The first kappa shape index (κ1) is 18.0. The minimum absolute atomic E-state index is 0.302. The van der Waals surface area contributed by atoms with E-state index in [1.54, 1.807) is 7.11 Å². The van der Waals surface area contributed by atoms with E-state index < -0.39 is 0 Å². The van der Waals surface area contributed by atoms with Crippen LogP contribution >= 0.6 is 0 Å². The first-order valence-corrected chi connectivity index (χ1v) is 8.84. The maximum Gasteiger partial charge on any atom is 0.147 e. The van der Waals surface area contributed by atoms with Crippen LogP contribution in [0, 0.1) is 6.92 Å². The van der Waals surface area contributed by atoms with Crippen molar-refractivity contribution in [1.82, 2.24) is 24.6 Å². The molecule has 7 nitrogen and oxygen atoms in total. The summed E-state index contributed by atoms with van der Waals surface area (Å²) in [4.78, 5) is 6.70. The third-order valence-electron chi connectivity index (χ3n) is 4.86. The molecule has 0 atom stereocenters. The first-order valence-electron chi connectivity index (χ1n) is 8.84. The van der Waals surface area contributed by atoms with Gasteiger partial charge in [0, 0.05) is 38.4 Å². The zero-order chi connectivity index (χ0) is 17.8. The number of aryl methyl sites for hydroxylation is 1. The highest BCUT2D eigenvalue weighted by molar-refractivity contribution is 5.17. The van der Waals surface area contributed by atoms with E-state index in [1.807, 2.05) is 12.3 Å². The number of ether oxygens (including phenoxy) is 1. The molecule has 0 radical (unpaired) electrons. The third kappa shape index (κ3) is 4.23. The summed E-state index contributed by atoms with van der Waals surface area (Å²) in [6, 6.07) is 4.36. The van der Waals surface area contributed by atoms with Crippen LogP contribution in [0.2, 0.25) is 0 Å². The highest BCUT2D eigenvalue weighted by Crippen LogP contribution is 2.34. The number of nitrogens with two attached hydrogens (primary N) is 1. The maximum absolute atomic E-state index is 5.95. The van der Waals surface area contributed by atoms with Crippen molar-refractivity contribution in [3.8, 4) is 0 Å². The molecule has 0 spiro atoms. The number of pyridine rings is 1. The lowest BCUT2D eigenvalue weighted by Gasteiger charge is -2.32. The van der Waals surface area contributed by atoms with Gasteiger partial charge in [0.2, 0.25) is 0 Å². The molecule has 0 amide bonds. The SMILES string of the molecule is COCCn1c(CN(C)Cc2ncccc2C)nnc1C1CC(N)C1. The van der Waals surface area contributed by atoms with E-state index >= 15 is 0 Å². The van der Waals surface area contributed by atoms with E-state index in [0.717, 1.165) is 49.8 Å². The first-order chi connectivity index (χ1) is 12.1. The molecule has 3 rings (SSSR count). The molecule has 7 heteroatoms. The molecule has 0 unspecified atom stereocenters. The van der Waals surface area contributed by atoms with Gasteiger partial charge in [-0.3, -0.25) is 9.88 Å². The van der Waals surface area contributed by atoms with E-state index in [-0.39, 0.29) is 0 Å². The average Bonchev–Trinajstić information content (AvgIpc) is 2.94. The lowest BCUT2D eigenvalue weighted by Crippen LogP contribution is -2.36. The number of methoxy groups -OCH3 is 1. The van der Waals surface area contributed by atoms with Gasteiger partial charge in [0.25, 0.3) is 0 Å². The van der Waals surface area contributed by atoms with Gasteiger partial charge >= 0.3 is 0 Å². The second-order valence-corrected chi connectivity index (χ2v) is 6.99. The monoisotopic (exact) mass is 344 g/mol. The van der Waals surface area contributed by atoms with Crippen LogP contribution < -0.4 is 5.73 Å². The Morgan fingerprint density at radius 3 is 2.80 bits per heavy atom. The molecule has 1 aliphatic rings. The zero-order valence-electron chi connectivity index (χ0n) is 15.4. The van der Waals surface area contributed by atoms with Crippen molar-refractivity contribution in [2.24, 2.45) is 5.73 Å². The minimum atomic E-state index is 0.302. The van der Waals surface area contributed by atoms with Gasteiger partial charge in [-0.25, -0.2) is 0 Å². The van der Waals surface area contributed by atoms with Crippen LogP contribution in [0.5, 0.6) is 0 Å². The van der Waals surface area contributed by atoms with Crippen LogP contribution in [-0.2, 0) is 24.4 Å². The smallest absolute Gasteiger partial charge is 0.147 e. The number of nitrogens with zero attached hydrogens (tertiary/aromatic N) is 5. The van der Waals surface area contributed by atoms with Crippen LogP contribution in [0.1, 0.15) is 41.7 Å². The second kappa shape index (κ2) is 8.03. The Hall–Kier alpha value is -1.83. The summed E-state index contributed by atoms with van der Waals surface area (Å²) in [6.45, 7) is 5.03. The molecule has 0 saturated heterocycles. The van der Waals surface area contributed by atoms with Crippen molar-refractivity contribution >= 4 is 0 Å². The molecule has 2 aromatic heterocycles. The van der Waals surface area contributed by atoms with Crippen LogP contribution in [0.15, 0.2) is 18.3 Å². The number of hydrogen-bond donors (Lipinski definition) is 1. The number of aromatic nitrogens is 4. The lowest BCUT2D eigenvalue weighted by atomic mass is 9.80. The largest absolute Gasteiger partial charge is 0.383 e. The zero-order valence-corrected chi connectivity index (χ0v) is 15.4. The lowest BCUT2D eigenvalue weighted by molar-refractivity contribution is 0.181. The van der Waals surface area contributed by atoms with Crippen molar-refractivity contribution < 1.29 is 4.74 Å². The molecule has 136 valence electrons. The third-order valence-corrected chi connectivity index (χ3v) is 4.86. The van der Waals surface area contributed by atoms with Gasteiger partial charge in [0.15, 0.2) is 0 Å². The molecular weight excluding hydrogens is 316 g/mol. The molecule has 1 fully saturated rings. The van der Waals surface area contributed by atoms with Gasteiger partial charge in [-0.05, 0) is 38.4 Å². The molecular formula is C18H28N6O. The van der Waals surface area contributed by atoms with E-state index in [9.17, 15) is 0 Å².